The highest BCUT2D eigenvalue weighted by Gasteiger charge is 2.11. The van der Waals surface area contributed by atoms with Gasteiger partial charge in [-0.25, -0.2) is 0 Å². The van der Waals surface area contributed by atoms with E-state index >= 15 is 0 Å². The number of hydrogen-bond donors (Lipinski definition) is 2. The molecule has 0 aliphatic rings. The maximum Gasteiger partial charge on any atom is 0.270 e. The van der Waals surface area contributed by atoms with Gasteiger partial charge in [0, 0.05) is 28.2 Å². The quantitative estimate of drug-likeness (QED) is 0.476. The molecule has 0 atom stereocenters. The normalized spacial score (nSPS) is 10.4. The Kier molecular flexibility index (Phi) is 5.80. The van der Waals surface area contributed by atoms with Crippen LogP contribution in [0.5, 0.6) is 0 Å². The molecule has 8 heteroatoms. The summed E-state index contributed by atoms with van der Waals surface area (Å²) in [6, 6.07) is 12.5. The molecule has 2 rings (SSSR count). The number of nitrogens with zero attached hydrogens (tertiary/aromatic N) is 1. The summed E-state index contributed by atoms with van der Waals surface area (Å²) in [7, 11) is 0. The molecule has 0 fully saturated rings. The number of benzene rings is 2. The highest BCUT2D eigenvalue weighted by Crippen LogP contribution is 2.17. The first-order valence-corrected chi connectivity index (χ1v) is 7.54. The zero-order valence-corrected chi connectivity index (χ0v) is 13.8. The second kappa shape index (κ2) is 8.02. The Morgan fingerprint density at radius 1 is 1.08 bits per heavy atom. The van der Waals surface area contributed by atoms with Gasteiger partial charge in [0.1, 0.15) is 0 Å². The predicted molar refractivity (Wildman–Crippen MR) is 91.9 cm³/mol. The fraction of sp³-hybridized carbons (Fsp3) is 0. The Morgan fingerprint density at radius 3 is 2.54 bits per heavy atom. The number of hydrazine groups is 1. The van der Waals surface area contributed by atoms with Crippen molar-refractivity contribution in [2.24, 2.45) is 0 Å². The molecule has 0 heterocycles. The van der Waals surface area contributed by atoms with E-state index in [1.165, 1.54) is 24.3 Å². The lowest BCUT2D eigenvalue weighted by Crippen LogP contribution is -2.40. The van der Waals surface area contributed by atoms with Gasteiger partial charge >= 0.3 is 0 Å². The molecule has 0 saturated heterocycles. The third kappa shape index (κ3) is 4.75. The Balaban J connectivity index is 1.94. The first-order chi connectivity index (χ1) is 11.5. The summed E-state index contributed by atoms with van der Waals surface area (Å²) >= 11 is 3.35. The number of hydrogen-bond acceptors (Lipinski definition) is 4. The molecule has 0 aliphatic carbocycles. The van der Waals surface area contributed by atoms with Crippen LogP contribution in [-0.4, -0.2) is 16.7 Å². The minimum Gasteiger partial charge on any atom is -0.268 e. The van der Waals surface area contributed by atoms with Crippen LogP contribution in [0.2, 0.25) is 0 Å². The number of non-ortho nitro benzene ring substituents is 1. The van der Waals surface area contributed by atoms with Gasteiger partial charge in [0.2, 0.25) is 0 Å². The zero-order valence-electron chi connectivity index (χ0n) is 12.2. The minimum absolute atomic E-state index is 0.0688. The van der Waals surface area contributed by atoms with Crippen molar-refractivity contribution in [2.75, 3.05) is 0 Å². The molecule has 24 heavy (non-hydrogen) atoms. The van der Waals surface area contributed by atoms with Crippen molar-refractivity contribution in [3.8, 4) is 0 Å². The number of carbonyl (C=O) groups excluding carboxylic acids is 2. The lowest BCUT2D eigenvalue weighted by Gasteiger charge is -2.05. The van der Waals surface area contributed by atoms with Crippen molar-refractivity contribution < 1.29 is 14.5 Å². The van der Waals surface area contributed by atoms with Crippen LogP contribution in [0.4, 0.5) is 5.69 Å². The number of nitro benzene ring substituents is 1. The summed E-state index contributed by atoms with van der Waals surface area (Å²) in [5.74, 6) is -1.19. The molecule has 2 aromatic carbocycles. The van der Waals surface area contributed by atoms with E-state index < -0.39 is 16.7 Å². The van der Waals surface area contributed by atoms with E-state index in [1.54, 1.807) is 6.08 Å². The van der Waals surface area contributed by atoms with Crippen molar-refractivity contribution in [3.63, 3.8) is 0 Å². The zero-order chi connectivity index (χ0) is 17.5. The molecule has 0 bridgehead atoms. The second-order valence-electron chi connectivity index (χ2n) is 4.61. The number of nitro groups is 1. The van der Waals surface area contributed by atoms with Crippen LogP contribution in [0.15, 0.2) is 59.1 Å². The summed E-state index contributed by atoms with van der Waals surface area (Å²) in [5, 5.41) is 10.7. The van der Waals surface area contributed by atoms with Crippen molar-refractivity contribution in [1.29, 1.82) is 0 Å². The summed E-state index contributed by atoms with van der Waals surface area (Å²) in [5.41, 5.74) is 5.07. The minimum atomic E-state index is -0.652. The molecule has 2 N–H and O–H groups in total. The fourth-order valence-corrected chi connectivity index (χ4v) is 2.19. The molecular formula is C16H12BrN3O4. The average molecular weight is 390 g/mol. The highest BCUT2D eigenvalue weighted by atomic mass is 79.9. The van der Waals surface area contributed by atoms with Gasteiger partial charge in [-0.2, -0.15) is 0 Å². The Hall–Kier alpha value is -3.00. The van der Waals surface area contributed by atoms with Crippen molar-refractivity contribution >= 4 is 39.5 Å². The molecule has 2 amide bonds. The molecule has 0 radical (unpaired) electrons. The van der Waals surface area contributed by atoms with E-state index in [0.29, 0.717) is 0 Å². The number of rotatable bonds is 4. The third-order valence-electron chi connectivity index (χ3n) is 2.94. The summed E-state index contributed by atoms with van der Waals surface area (Å²) in [6.45, 7) is 0. The maximum absolute atomic E-state index is 11.9. The summed E-state index contributed by atoms with van der Waals surface area (Å²) in [4.78, 5) is 33.7. The predicted octanol–water partition coefficient (Wildman–Crippen LogP) is 2.83. The summed E-state index contributed by atoms with van der Waals surface area (Å²) in [6.07, 6.45) is 2.84. The fourth-order valence-electron chi connectivity index (χ4n) is 1.77. The van der Waals surface area contributed by atoms with Crippen LogP contribution in [0.3, 0.4) is 0 Å². The molecule has 0 spiro atoms. The van der Waals surface area contributed by atoms with E-state index in [1.807, 2.05) is 24.3 Å². The Labute approximate surface area is 145 Å². The van der Waals surface area contributed by atoms with Gasteiger partial charge < -0.3 is 0 Å². The van der Waals surface area contributed by atoms with Gasteiger partial charge in [0.15, 0.2) is 0 Å². The van der Waals surface area contributed by atoms with Crippen molar-refractivity contribution in [2.45, 2.75) is 0 Å². The van der Waals surface area contributed by atoms with Gasteiger partial charge in [-0.3, -0.25) is 30.6 Å². The van der Waals surface area contributed by atoms with E-state index in [0.717, 1.165) is 16.1 Å². The monoisotopic (exact) mass is 389 g/mol. The molecule has 7 nitrogen and oxygen atoms in total. The van der Waals surface area contributed by atoms with Gasteiger partial charge in [0.25, 0.3) is 17.5 Å². The first kappa shape index (κ1) is 17.4. The van der Waals surface area contributed by atoms with Gasteiger partial charge in [0.05, 0.1) is 4.92 Å². The lowest BCUT2D eigenvalue weighted by molar-refractivity contribution is -0.384. The van der Waals surface area contributed by atoms with Crippen LogP contribution in [0.25, 0.3) is 6.08 Å². The van der Waals surface area contributed by atoms with Crippen LogP contribution < -0.4 is 10.9 Å². The molecule has 2 aromatic rings. The highest BCUT2D eigenvalue weighted by molar-refractivity contribution is 9.10. The molecule has 0 saturated carbocycles. The van der Waals surface area contributed by atoms with E-state index in [4.69, 9.17) is 0 Å². The first-order valence-electron chi connectivity index (χ1n) is 6.75. The second-order valence-corrected chi connectivity index (χ2v) is 5.46. The van der Waals surface area contributed by atoms with E-state index in [9.17, 15) is 19.7 Å². The maximum atomic E-state index is 11.9. The van der Waals surface area contributed by atoms with Gasteiger partial charge in [-0.1, -0.05) is 40.2 Å². The van der Waals surface area contributed by atoms with E-state index in [-0.39, 0.29) is 11.3 Å². The standard InChI is InChI=1S/C16H12BrN3O4/c17-14-7-2-1-4-11(14)8-9-15(21)18-19-16(22)12-5-3-6-13(10-12)20(23)24/h1-10H,(H,18,21)(H,19,22)/b9-8+. The summed E-state index contributed by atoms with van der Waals surface area (Å²) < 4.78 is 0.828. The molecular weight excluding hydrogens is 378 g/mol. The third-order valence-corrected chi connectivity index (χ3v) is 3.66. The number of amides is 2. The van der Waals surface area contributed by atoms with Crippen molar-refractivity contribution in [3.05, 3.63) is 80.3 Å². The van der Waals surface area contributed by atoms with Crippen LogP contribution in [-0.2, 0) is 4.79 Å². The van der Waals surface area contributed by atoms with Crippen molar-refractivity contribution in [1.82, 2.24) is 10.9 Å². The van der Waals surface area contributed by atoms with Gasteiger partial charge in [-0.15, -0.1) is 0 Å². The van der Waals surface area contributed by atoms with E-state index in [2.05, 4.69) is 26.8 Å². The Morgan fingerprint density at radius 2 is 1.83 bits per heavy atom. The largest absolute Gasteiger partial charge is 0.270 e. The Bertz CT molecular complexity index is 820. The van der Waals surface area contributed by atoms with Crippen LogP contribution in [0.1, 0.15) is 15.9 Å². The van der Waals surface area contributed by atoms with Crippen LogP contribution >= 0.6 is 15.9 Å². The average Bonchev–Trinajstić information content (AvgIpc) is 2.59. The van der Waals surface area contributed by atoms with Gasteiger partial charge in [-0.05, 0) is 23.8 Å². The number of nitrogens with one attached hydrogen (secondary N) is 2. The number of carbonyl (C=O) groups is 2. The molecule has 0 aliphatic heterocycles. The SMILES string of the molecule is O=C(/C=C/c1ccccc1Br)NNC(=O)c1cccc([N+](=O)[O-])c1. The molecule has 122 valence electrons. The topological polar surface area (TPSA) is 101 Å². The van der Waals surface area contributed by atoms with Crippen LogP contribution in [0, 0.1) is 10.1 Å². The molecule has 0 aromatic heterocycles. The molecule has 0 unspecified atom stereocenters. The smallest absolute Gasteiger partial charge is 0.268 e. The number of halogens is 1. The lowest BCUT2D eigenvalue weighted by atomic mass is 10.2.